The number of allylic oxidation sites excluding steroid dienone is 1. The second kappa shape index (κ2) is 12.3. The minimum absolute atomic E-state index is 0.0558. The van der Waals surface area contributed by atoms with Crippen LogP contribution in [0.2, 0.25) is 0 Å². The van der Waals surface area contributed by atoms with E-state index in [4.69, 9.17) is 0 Å². The monoisotopic (exact) mass is 385 g/mol. The van der Waals surface area contributed by atoms with Gasteiger partial charge in [-0.15, -0.1) is 0 Å². The largest absolute Gasteiger partial charge is 0.339 e. The number of amides is 2. The van der Waals surface area contributed by atoms with Crippen molar-refractivity contribution in [3.05, 3.63) is 41.5 Å². The molecule has 2 N–H and O–H groups in total. The molecule has 0 atom stereocenters. The van der Waals surface area contributed by atoms with E-state index >= 15 is 0 Å². The molecular weight excluding hydrogens is 350 g/mol. The maximum atomic E-state index is 12.6. The summed E-state index contributed by atoms with van der Waals surface area (Å²) in [6.45, 7) is 6.83. The predicted octanol–water partition coefficient (Wildman–Crippen LogP) is 4.37. The van der Waals surface area contributed by atoms with E-state index in [1.807, 2.05) is 4.90 Å². The Hall–Kier alpha value is -2.14. The molecule has 0 heterocycles. The molecule has 1 aliphatic rings. The van der Waals surface area contributed by atoms with E-state index in [1.165, 1.54) is 31.3 Å². The minimum atomic E-state index is -0.0599. The average molecular weight is 386 g/mol. The first kappa shape index (κ1) is 22.2. The average Bonchev–Trinajstić information content (AvgIpc) is 2.72. The predicted molar refractivity (Wildman–Crippen MR) is 116 cm³/mol. The Morgan fingerprint density at radius 3 is 2.36 bits per heavy atom. The number of rotatable bonds is 11. The van der Waals surface area contributed by atoms with Crippen molar-refractivity contribution >= 4 is 17.5 Å². The number of anilines is 1. The van der Waals surface area contributed by atoms with Crippen LogP contribution in [-0.4, -0.2) is 42.9 Å². The van der Waals surface area contributed by atoms with Gasteiger partial charge in [0.1, 0.15) is 0 Å². The van der Waals surface area contributed by atoms with Crippen LogP contribution in [0.4, 0.5) is 5.69 Å². The summed E-state index contributed by atoms with van der Waals surface area (Å²) in [6, 6.07) is 7.18. The van der Waals surface area contributed by atoms with Gasteiger partial charge in [0.2, 0.25) is 5.91 Å². The third-order valence-electron chi connectivity index (χ3n) is 4.98. The van der Waals surface area contributed by atoms with Crippen LogP contribution in [0.1, 0.15) is 69.2 Å². The van der Waals surface area contributed by atoms with Crippen LogP contribution in [0.25, 0.3) is 0 Å². The van der Waals surface area contributed by atoms with Gasteiger partial charge in [-0.3, -0.25) is 9.59 Å². The highest BCUT2D eigenvalue weighted by atomic mass is 16.2. The van der Waals surface area contributed by atoms with Crippen molar-refractivity contribution in [2.24, 2.45) is 0 Å². The molecule has 0 saturated heterocycles. The van der Waals surface area contributed by atoms with Crippen molar-refractivity contribution in [3.8, 4) is 0 Å². The molecular formula is C23H35N3O2. The van der Waals surface area contributed by atoms with Crippen LogP contribution in [-0.2, 0) is 4.79 Å². The van der Waals surface area contributed by atoms with Crippen molar-refractivity contribution < 1.29 is 9.59 Å². The quantitative estimate of drug-likeness (QED) is 0.439. The molecule has 5 nitrogen and oxygen atoms in total. The van der Waals surface area contributed by atoms with Gasteiger partial charge in [-0.2, -0.15) is 0 Å². The fourth-order valence-corrected chi connectivity index (χ4v) is 3.52. The van der Waals surface area contributed by atoms with E-state index in [1.54, 1.807) is 24.3 Å². The van der Waals surface area contributed by atoms with Gasteiger partial charge in [0.25, 0.3) is 5.91 Å². The molecule has 5 heteroatoms. The molecule has 2 rings (SSSR count). The van der Waals surface area contributed by atoms with Crippen molar-refractivity contribution in [1.29, 1.82) is 0 Å². The van der Waals surface area contributed by atoms with Gasteiger partial charge in [-0.25, -0.2) is 0 Å². The van der Waals surface area contributed by atoms with Crippen molar-refractivity contribution in [2.75, 3.05) is 31.5 Å². The lowest BCUT2D eigenvalue weighted by Crippen LogP contribution is -2.32. The molecule has 0 saturated carbocycles. The molecule has 0 aromatic heterocycles. The molecule has 28 heavy (non-hydrogen) atoms. The fourth-order valence-electron chi connectivity index (χ4n) is 3.52. The Labute approximate surface area is 169 Å². The van der Waals surface area contributed by atoms with Gasteiger partial charge in [-0.05, 0) is 75.8 Å². The van der Waals surface area contributed by atoms with E-state index in [0.29, 0.717) is 12.1 Å². The number of hydrogen-bond donors (Lipinski definition) is 2. The first-order chi connectivity index (χ1) is 13.6. The minimum Gasteiger partial charge on any atom is -0.339 e. The second-order valence-corrected chi connectivity index (χ2v) is 7.45. The second-order valence-electron chi connectivity index (χ2n) is 7.45. The maximum absolute atomic E-state index is 12.6. The Bertz CT molecular complexity index is 646. The molecule has 2 amide bonds. The number of carbonyl (C=O) groups excluding carboxylic acids is 2. The zero-order chi connectivity index (χ0) is 20.2. The van der Waals surface area contributed by atoms with Crippen molar-refractivity contribution in [1.82, 2.24) is 10.2 Å². The summed E-state index contributed by atoms with van der Waals surface area (Å²) in [4.78, 5) is 26.6. The molecule has 1 aliphatic carbocycles. The van der Waals surface area contributed by atoms with Crippen LogP contribution in [0, 0.1) is 0 Å². The van der Waals surface area contributed by atoms with E-state index < -0.39 is 0 Å². The van der Waals surface area contributed by atoms with Crippen molar-refractivity contribution in [3.63, 3.8) is 0 Å². The van der Waals surface area contributed by atoms with E-state index in [2.05, 4.69) is 30.6 Å². The van der Waals surface area contributed by atoms with Gasteiger partial charge in [-0.1, -0.05) is 25.5 Å². The van der Waals surface area contributed by atoms with Crippen LogP contribution < -0.4 is 10.6 Å². The first-order valence-electron chi connectivity index (χ1n) is 10.7. The number of nitrogens with one attached hydrogen (secondary N) is 2. The Balaban J connectivity index is 1.75. The SMILES string of the molecule is CCCN(CCC)C(=O)c1ccc(NC(=O)CNCCC2=CCCCC2)cc1. The molecule has 0 fully saturated rings. The van der Waals surface area contributed by atoms with E-state index in [9.17, 15) is 9.59 Å². The summed E-state index contributed by atoms with van der Waals surface area (Å²) in [5.41, 5.74) is 2.90. The van der Waals surface area contributed by atoms with Gasteiger partial charge in [0.15, 0.2) is 0 Å². The zero-order valence-corrected chi connectivity index (χ0v) is 17.4. The number of hydrogen-bond acceptors (Lipinski definition) is 3. The van der Waals surface area contributed by atoms with E-state index in [0.717, 1.165) is 44.6 Å². The normalized spacial score (nSPS) is 13.7. The molecule has 0 aliphatic heterocycles. The summed E-state index contributed by atoms with van der Waals surface area (Å²) in [5, 5.41) is 6.10. The lowest BCUT2D eigenvalue weighted by Gasteiger charge is -2.21. The molecule has 1 aromatic carbocycles. The summed E-state index contributed by atoms with van der Waals surface area (Å²) < 4.78 is 0. The Kier molecular flexibility index (Phi) is 9.77. The Morgan fingerprint density at radius 1 is 1.04 bits per heavy atom. The molecule has 0 spiro atoms. The maximum Gasteiger partial charge on any atom is 0.253 e. The molecule has 0 unspecified atom stereocenters. The fraction of sp³-hybridized carbons (Fsp3) is 0.565. The van der Waals surface area contributed by atoms with Gasteiger partial charge >= 0.3 is 0 Å². The standard InChI is InChI=1S/C23H35N3O2/c1-3-16-26(17-4-2)23(28)20-10-12-21(13-11-20)25-22(27)18-24-15-14-19-8-6-5-7-9-19/h8,10-13,24H,3-7,9,14-18H2,1-2H3,(H,25,27). The van der Waals surface area contributed by atoms with Crippen molar-refractivity contribution in [2.45, 2.75) is 58.8 Å². The topological polar surface area (TPSA) is 61.4 Å². The number of benzene rings is 1. The summed E-state index contributed by atoms with van der Waals surface area (Å²) in [5.74, 6) is -0.00412. The van der Waals surface area contributed by atoms with Crippen LogP contribution in [0.15, 0.2) is 35.9 Å². The highest BCUT2D eigenvalue weighted by Crippen LogP contribution is 2.19. The molecule has 1 aromatic rings. The summed E-state index contributed by atoms with van der Waals surface area (Å²) in [6.07, 6.45) is 10.3. The zero-order valence-electron chi connectivity index (χ0n) is 17.4. The lowest BCUT2D eigenvalue weighted by molar-refractivity contribution is -0.115. The van der Waals surface area contributed by atoms with Crippen LogP contribution >= 0.6 is 0 Å². The lowest BCUT2D eigenvalue weighted by atomic mass is 9.97. The van der Waals surface area contributed by atoms with Gasteiger partial charge in [0.05, 0.1) is 6.54 Å². The third-order valence-corrected chi connectivity index (χ3v) is 4.98. The molecule has 0 radical (unpaired) electrons. The van der Waals surface area contributed by atoms with Gasteiger partial charge in [0, 0.05) is 24.3 Å². The Morgan fingerprint density at radius 2 is 1.75 bits per heavy atom. The van der Waals surface area contributed by atoms with Crippen LogP contribution in [0.5, 0.6) is 0 Å². The third kappa shape index (κ3) is 7.47. The smallest absolute Gasteiger partial charge is 0.253 e. The number of nitrogens with zero attached hydrogens (tertiary/aromatic N) is 1. The number of carbonyl (C=O) groups is 2. The molecule has 154 valence electrons. The van der Waals surface area contributed by atoms with E-state index in [-0.39, 0.29) is 11.8 Å². The summed E-state index contributed by atoms with van der Waals surface area (Å²) >= 11 is 0. The highest BCUT2D eigenvalue weighted by Gasteiger charge is 2.14. The molecule has 0 bridgehead atoms. The highest BCUT2D eigenvalue weighted by molar-refractivity contribution is 5.96. The van der Waals surface area contributed by atoms with Crippen LogP contribution in [0.3, 0.4) is 0 Å². The first-order valence-corrected chi connectivity index (χ1v) is 10.7. The van der Waals surface area contributed by atoms with Gasteiger partial charge < -0.3 is 15.5 Å². The summed E-state index contributed by atoms with van der Waals surface area (Å²) in [7, 11) is 0.